The molecule has 140 valence electrons. The molecule has 6 heteroatoms. The lowest BCUT2D eigenvalue weighted by molar-refractivity contribution is -0.112. The third-order valence-electron chi connectivity index (χ3n) is 4.79. The van der Waals surface area contributed by atoms with Crippen molar-refractivity contribution in [1.29, 1.82) is 0 Å². The number of hydrogen-bond acceptors (Lipinski definition) is 6. The van der Waals surface area contributed by atoms with Crippen LogP contribution in [0.25, 0.3) is 0 Å². The molecule has 2 aliphatic heterocycles. The number of benzene rings is 1. The fraction of sp³-hybridized carbons (Fsp3) is 0.500. The number of esters is 1. The van der Waals surface area contributed by atoms with Gasteiger partial charge in [0.2, 0.25) is 0 Å². The number of aromatic hydroxyl groups is 1. The number of phenolic OH excluding ortho intramolecular Hbond substituents is 1. The van der Waals surface area contributed by atoms with Gasteiger partial charge in [-0.15, -0.1) is 0 Å². The summed E-state index contributed by atoms with van der Waals surface area (Å²) in [5.74, 6) is -0.776. The molecule has 3 rings (SSSR count). The molecule has 6 nitrogen and oxygen atoms in total. The Morgan fingerprint density at radius 1 is 1.27 bits per heavy atom. The van der Waals surface area contributed by atoms with Crippen LogP contribution in [-0.4, -0.2) is 46.4 Å². The van der Waals surface area contributed by atoms with E-state index in [-0.39, 0.29) is 29.3 Å². The number of aliphatic hydroxyl groups excluding tert-OH is 1. The Balaban J connectivity index is 1.91. The summed E-state index contributed by atoms with van der Waals surface area (Å²) in [6.07, 6.45) is 3.94. The number of rotatable bonds is 3. The zero-order valence-corrected chi connectivity index (χ0v) is 14.8. The Labute approximate surface area is 152 Å². The average Bonchev–Trinajstić information content (AvgIpc) is 2.53. The van der Waals surface area contributed by atoms with Gasteiger partial charge in [0.25, 0.3) is 0 Å². The number of hydrogen-bond donors (Lipinski definition) is 2. The van der Waals surface area contributed by atoms with Crippen LogP contribution in [0.1, 0.15) is 48.5 Å². The predicted octanol–water partition coefficient (Wildman–Crippen LogP) is 2.31. The third-order valence-corrected chi connectivity index (χ3v) is 4.79. The first-order valence-electron chi connectivity index (χ1n) is 8.95. The Morgan fingerprint density at radius 2 is 2.04 bits per heavy atom. The lowest BCUT2D eigenvalue weighted by atomic mass is 9.91. The van der Waals surface area contributed by atoms with Crippen LogP contribution in [0.15, 0.2) is 30.4 Å². The van der Waals surface area contributed by atoms with E-state index in [9.17, 15) is 19.8 Å². The monoisotopic (exact) mass is 360 g/mol. The number of carbonyl (C=O) groups excluding carboxylic acids is 2. The van der Waals surface area contributed by atoms with E-state index in [2.05, 4.69) is 0 Å². The maximum absolute atomic E-state index is 12.7. The minimum absolute atomic E-state index is 0.0800. The summed E-state index contributed by atoms with van der Waals surface area (Å²) < 4.78 is 11.7. The van der Waals surface area contributed by atoms with Gasteiger partial charge in [-0.2, -0.15) is 0 Å². The molecule has 0 aliphatic carbocycles. The van der Waals surface area contributed by atoms with Crippen molar-refractivity contribution in [2.75, 3.05) is 0 Å². The van der Waals surface area contributed by atoms with Crippen LogP contribution in [0, 0.1) is 0 Å². The Kier molecular flexibility index (Phi) is 5.74. The number of aliphatic hydroxyl groups is 1. The van der Waals surface area contributed by atoms with E-state index in [0.29, 0.717) is 37.7 Å². The van der Waals surface area contributed by atoms with Gasteiger partial charge in [0.1, 0.15) is 17.4 Å². The maximum atomic E-state index is 12.7. The van der Waals surface area contributed by atoms with Gasteiger partial charge in [0.05, 0.1) is 18.3 Å². The molecule has 1 aromatic carbocycles. The molecule has 2 N–H and O–H groups in total. The highest BCUT2D eigenvalue weighted by atomic mass is 16.5. The van der Waals surface area contributed by atoms with Crippen LogP contribution in [-0.2, 0) is 20.7 Å². The fourth-order valence-electron chi connectivity index (χ4n) is 3.69. The summed E-state index contributed by atoms with van der Waals surface area (Å²) in [6, 6.07) is 4.90. The van der Waals surface area contributed by atoms with E-state index in [1.165, 1.54) is 19.1 Å². The molecule has 2 heterocycles. The molecule has 4 atom stereocenters. The van der Waals surface area contributed by atoms with Gasteiger partial charge in [-0.1, -0.05) is 18.2 Å². The summed E-state index contributed by atoms with van der Waals surface area (Å²) >= 11 is 0. The molecule has 0 saturated carbocycles. The van der Waals surface area contributed by atoms with Crippen molar-refractivity contribution in [3.8, 4) is 5.75 Å². The average molecular weight is 360 g/mol. The van der Waals surface area contributed by atoms with Gasteiger partial charge >= 0.3 is 5.97 Å². The van der Waals surface area contributed by atoms with E-state index >= 15 is 0 Å². The van der Waals surface area contributed by atoms with Crippen LogP contribution >= 0.6 is 0 Å². The number of allylic oxidation sites excluding steroid dienone is 1. The van der Waals surface area contributed by atoms with Crippen molar-refractivity contribution in [2.24, 2.45) is 0 Å². The molecule has 0 spiro atoms. The van der Waals surface area contributed by atoms with Crippen molar-refractivity contribution in [2.45, 2.75) is 63.4 Å². The normalized spacial score (nSPS) is 29.1. The summed E-state index contributed by atoms with van der Waals surface area (Å²) in [7, 11) is 0. The van der Waals surface area contributed by atoms with Gasteiger partial charge in [-0.05, 0) is 43.9 Å². The second-order valence-corrected chi connectivity index (χ2v) is 7.03. The molecule has 0 radical (unpaired) electrons. The van der Waals surface area contributed by atoms with Gasteiger partial charge in [0.15, 0.2) is 5.78 Å². The summed E-state index contributed by atoms with van der Waals surface area (Å²) in [4.78, 5) is 23.8. The molecule has 1 fully saturated rings. The molecule has 2 bridgehead atoms. The van der Waals surface area contributed by atoms with E-state index in [1.54, 1.807) is 18.2 Å². The van der Waals surface area contributed by atoms with Crippen LogP contribution in [0.3, 0.4) is 0 Å². The number of carbonyl (C=O) groups is 2. The zero-order chi connectivity index (χ0) is 18.7. The Bertz CT molecular complexity index is 710. The number of ether oxygens (including phenoxy) is 2. The largest absolute Gasteiger partial charge is 0.507 e. The number of cyclic esters (lactones) is 1. The molecule has 2 aliphatic rings. The maximum Gasteiger partial charge on any atom is 0.342 e. The Hall–Kier alpha value is -2.18. The predicted molar refractivity (Wildman–Crippen MR) is 94.0 cm³/mol. The fourth-order valence-corrected chi connectivity index (χ4v) is 3.69. The SMILES string of the molecule is CC(=O)/C=C/CC1CC2CC(O)CC(Cc3cccc(O)c3C(=O)O1)O2. The minimum Gasteiger partial charge on any atom is -0.507 e. The second kappa shape index (κ2) is 8.01. The van der Waals surface area contributed by atoms with Gasteiger partial charge < -0.3 is 19.7 Å². The topological polar surface area (TPSA) is 93.1 Å². The molecule has 1 saturated heterocycles. The lowest BCUT2D eigenvalue weighted by Crippen LogP contribution is -2.40. The highest BCUT2D eigenvalue weighted by Crippen LogP contribution is 2.32. The zero-order valence-electron chi connectivity index (χ0n) is 14.8. The van der Waals surface area contributed by atoms with Crippen molar-refractivity contribution >= 4 is 11.8 Å². The van der Waals surface area contributed by atoms with Crippen LogP contribution in [0.2, 0.25) is 0 Å². The van der Waals surface area contributed by atoms with Crippen molar-refractivity contribution < 1.29 is 29.3 Å². The number of phenols is 1. The van der Waals surface area contributed by atoms with Crippen molar-refractivity contribution in [3.05, 3.63) is 41.5 Å². The highest BCUT2D eigenvalue weighted by molar-refractivity contribution is 5.94. The highest BCUT2D eigenvalue weighted by Gasteiger charge is 2.34. The molecule has 4 unspecified atom stereocenters. The molecular weight excluding hydrogens is 336 g/mol. The quantitative estimate of drug-likeness (QED) is 0.635. The van der Waals surface area contributed by atoms with Gasteiger partial charge in [-0.25, -0.2) is 4.79 Å². The first-order chi connectivity index (χ1) is 12.4. The summed E-state index contributed by atoms with van der Waals surface area (Å²) in [6.45, 7) is 1.45. The van der Waals surface area contributed by atoms with Crippen LogP contribution in [0.4, 0.5) is 0 Å². The standard InChI is InChI=1S/C20H24O6/c1-12(21)4-2-6-15-11-17-10-14(22)9-16(25-17)8-13-5-3-7-18(23)19(13)20(24)26-15/h2-5,7,14-17,22-23H,6,8-11H2,1H3/b4-2+. The lowest BCUT2D eigenvalue weighted by Gasteiger charge is -2.36. The first-order valence-corrected chi connectivity index (χ1v) is 8.95. The molecule has 0 aromatic heterocycles. The van der Waals surface area contributed by atoms with E-state index in [4.69, 9.17) is 9.47 Å². The Morgan fingerprint density at radius 3 is 2.81 bits per heavy atom. The van der Waals surface area contributed by atoms with E-state index in [0.717, 1.165) is 0 Å². The van der Waals surface area contributed by atoms with Crippen molar-refractivity contribution in [3.63, 3.8) is 0 Å². The van der Waals surface area contributed by atoms with E-state index < -0.39 is 18.2 Å². The van der Waals surface area contributed by atoms with Gasteiger partial charge in [0, 0.05) is 12.8 Å². The molecular formula is C20H24O6. The third kappa shape index (κ3) is 4.51. The van der Waals surface area contributed by atoms with Crippen LogP contribution < -0.4 is 0 Å². The molecule has 1 aromatic rings. The summed E-state index contributed by atoms with van der Waals surface area (Å²) in [5.41, 5.74) is 0.794. The van der Waals surface area contributed by atoms with E-state index in [1.807, 2.05) is 0 Å². The molecule has 26 heavy (non-hydrogen) atoms. The second-order valence-electron chi connectivity index (χ2n) is 7.03. The van der Waals surface area contributed by atoms with Crippen molar-refractivity contribution in [1.82, 2.24) is 0 Å². The minimum atomic E-state index is -0.570. The smallest absolute Gasteiger partial charge is 0.342 e. The molecule has 0 amide bonds. The van der Waals surface area contributed by atoms with Gasteiger partial charge in [-0.3, -0.25) is 4.79 Å². The van der Waals surface area contributed by atoms with Crippen LogP contribution in [0.5, 0.6) is 5.75 Å². The number of fused-ring (bicyclic) bond motifs is 3. The number of ketones is 1. The first kappa shape index (κ1) is 18.6. The summed E-state index contributed by atoms with van der Waals surface area (Å²) in [5, 5.41) is 20.4.